The zero-order valence-corrected chi connectivity index (χ0v) is 14.3. The van der Waals surface area contributed by atoms with E-state index < -0.39 is 0 Å². The third kappa shape index (κ3) is 5.51. The molecule has 2 amide bonds. The van der Waals surface area contributed by atoms with Crippen molar-refractivity contribution in [2.45, 2.75) is 19.9 Å². The molecule has 1 N–H and O–H groups in total. The number of aryl methyl sites for hydroxylation is 1. The Morgan fingerprint density at radius 1 is 1.48 bits per heavy atom. The third-order valence-corrected chi connectivity index (χ3v) is 3.34. The van der Waals surface area contributed by atoms with Gasteiger partial charge in [-0.15, -0.1) is 0 Å². The second kappa shape index (κ2) is 8.84. The summed E-state index contributed by atoms with van der Waals surface area (Å²) in [4.78, 5) is 25.5. The normalized spacial score (nSPS) is 10.5. The Morgan fingerprint density at radius 3 is 2.81 bits per heavy atom. The number of hydrogen-bond acceptors (Lipinski definition) is 3. The highest BCUT2D eigenvalue weighted by atomic mass is 79.9. The fraction of sp³-hybridized carbons (Fsp3) is 0.571. The molecular weight excluding hydrogens is 338 g/mol. The molecule has 1 heterocycles. The van der Waals surface area contributed by atoms with E-state index >= 15 is 0 Å². The minimum absolute atomic E-state index is 0.0253. The molecule has 21 heavy (non-hydrogen) atoms. The van der Waals surface area contributed by atoms with Crippen molar-refractivity contribution in [2.24, 2.45) is 0 Å². The van der Waals surface area contributed by atoms with Gasteiger partial charge in [-0.05, 0) is 28.4 Å². The first-order valence-electron chi connectivity index (χ1n) is 6.86. The van der Waals surface area contributed by atoms with Crippen LogP contribution < -0.4 is 5.32 Å². The Hall–Kier alpha value is -1.34. The van der Waals surface area contributed by atoms with E-state index in [1.165, 1.54) is 4.90 Å². The number of nitrogens with zero attached hydrogens (tertiary/aromatic N) is 2. The summed E-state index contributed by atoms with van der Waals surface area (Å²) in [6.07, 6.45) is 2.81. The maximum Gasteiger partial charge on any atom is 0.270 e. The van der Waals surface area contributed by atoms with E-state index in [1.807, 2.05) is 10.8 Å². The minimum atomic E-state index is -0.199. The van der Waals surface area contributed by atoms with E-state index in [0.717, 1.165) is 17.4 Å². The standard InChI is InChI=1S/C14H22BrN3O3/c1-4-6-18-9-11(15)8-12(18)14(20)17(2)10-13(19)16-5-7-21-3/h8-9H,4-7,10H2,1-3H3,(H,16,19). The number of ether oxygens (including phenoxy) is 1. The van der Waals surface area contributed by atoms with Crippen LogP contribution in [0.25, 0.3) is 0 Å². The Morgan fingerprint density at radius 2 is 2.19 bits per heavy atom. The van der Waals surface area contributed by atoms with Crippen LogP contribution in [0.2, 0.25) is 0 Å². The van der Waals surface area contributed by atoms with E-state index in [2.05, 4.69) is 28.2 Å². The SMILES string of the molecule is CCCn1cc(Br)cc1C(=O)N(C)CC(=O)NCCOC. The molecule has 0 aliphatic heterocycles. The second-order valence-corrected chi connectivity index (χ2v) is 5.66. The van der Waals surface area contributed by atoms with Crippen LogP contribution in [0.3, 0.4) is 0 Å². The average molecular weight is 360 g/mol. The highest BCUT2D eigenvalue weighted by Crippen LogP contribution is 2.16. The van der Waals surface area contributed by atoms with Gasteiger partial charge in [0.15, 0.2) is 0 Å². The zero-order valence-electron chi connectivity index (χ0n) is 12.7. The molecule has 0 aromatic carbocycles. The van der Waals surface area contributed by atoms with E-state index in [9.17, 15) is 9.59 Å². The summed E-state index contributed by atoms with van der Waals surface area (Å²) in [6, 6.07) is 1.78. The molecule has 0 aliphatic rings. The quantitative estimate of drug-likeness (QED) is 0.715. The van der Waals surface area contributed by atoms with Crippen molar-refractivity contribution in [2.75, 3.05) is 33.9 Å². The van der Waals surface area contributed by atoms with Gasteiger partial charge in [0.25, 0.3) is 5.91 Å². The minimum Gasteiger partial charge on any atom is -0.383 e. The predicted octanol–water partition coefficient (Wildman–Crippen LogP) is 1.50. The van der Waals surface area contributed by atoms with Crippen molar-refractivity contribution >= 4 is 27.7 Å². The smallest absolute Gasteiger partial charge is 0.270 e. The molecule has 0 saturated carbocycles. The number of aromatic nitrogens is 1. The summed E-state index contributed by atoms with van der Waals surface area (Å²) >= 11 is 3.38. The summed E-state index contributed by atoms with van der Waals surface area (Å²) in [7, 11) is 3.19. The van der Waals surface area contributed by atoms with Gasteiger partial charge in [0, 0.05) is 37.9 Å². The zero-order chi connectivity index (χ0) is 15.8. The molecule has 1 aromatic heterocycles. The summed E-state index contributed by atoms with van der Waals surface area (Å²) in [5.74, 6) is -0.369. The van der Waals surface area contributed by atoms with E-state index in [4.69, 9.17) is 4.74 Å². The number of carbonyl (C=O) groups is 2. The fourth-order valence-corrected chi connectivity index (χ4v) is 2.37. The lowest BCUT2D eigenvalue weighted by molar-refractivity contribution is -0.121. The number of nitrogens with one attached hydrogen (secondary N) is 1. The van der Waals surface area contributed by atoms with Crippen LogP contribution in [0.1, 0.15) is 23.8 Å². The number of rotatable bonds is 8. The molecule has 6 nitrogen and oxygen atoms in total. The maximum atomic E-state index is 12.4. The number of likely N-dealkylation sites (N-methyl/N-ethyl adjacent to an activating group) is 1. The Kier molecular flexibility index (Phi) is 7.45. The van der Waals surface area contributed by atoms with E-state index in [-0.39, 0.29) is 18.4 Å². The molecule has 1 rings (SSSR count). The second-order valence-electron chi connectivity index (χ2n) is 4.74. The van der Waals surface area contributed by atoms with Crippen LogP contribution >= 0.6 is 15.9 Å². The van der Waals surface area contributed by atoms with Gasteiger partial charge in [0.1, 0.15) is 5.69 Å². The van der Waals surface area contributed by atoms with Gasteiger partial charge >= 0.3 is 0 Å². The highest BCUT2D eigenvalue weighted by Gasteiger charge is 2.18. The highest BCUT2D eigenvalue weighted by molar-refractivity contribution is 9.10. The number of carbonyl (C=O) groups excluding carboxylic acids is 2. The van der Waals surface area contributed by atoms with Crippen molar-refractivity contribution in [3.05, 3.63) is 22.4 Å². The van der Waals surface area contributed by atoms with Crippen molar-refractivity contribution in [3.8, 4) is 0 Å². The van der Waals surface area contributed by atoms with Crippen molar-refractivity contribution in [3.63, 3.8) is 0 Å². The maximum absolute atomic E-state index is 12.4. The third-order valence-electron chi connectivity index (χ3n) is 2.90. The summed E-state index contributed by atoms with van der Waals surface area (Å²) in [5.41, 5.74) is 0.580. The molecule has 7 heteroatoms. The molecule has 0 saturated heterocycles. The summed E-state index contributed by atoms with van der Waals surface area (Å²) in [5, 5.41) is 2.69. The largest absolute Gasteiger partial charge is 0.383 e. The number of hydrogen-bond donors (Lipinski definition) is 1. The molecule has 118 valence electrons. The lowest BCUT2D eigenvalue weighted by Crippen LogP contribution is -2.39. The van der Waals surface area contributed by atoms with Crippen LogP contribution in [0.4, 0.5) is 0 Å². The molecule has 0 fully saturated rings. The van der Waals surface area contributed by atoms with Gasteiger partial charge in [-0.3, -0.25) is 9.59 Å². The number of halogens is 1. The topological polar surface area (TPSA) is 63.6 Å². The fourth-order valence-electron chi connectivity index (χ4n) is 1.91. The number of methoxy groups -OCH3 is 1. The van der Waals surface area contributed by atoms with Gasteiger partial charge in [-0.2, -0.15) is 0 Å². The van der Waals surface area contributed by atoms with Crippen LogP contribution in [0.15, 0.2) is 16.7 Å². The Bertz CT molecular complexity index is 488. The van der Waals surface area contributed by atoms with Crippen molar-refractivity contribution in [1.29, 1.82) is 0 Å². The van der Waals surface area contributed by atoms with Gasteiger partial charge in [0.2, 0.25) is 5.91 Å². The van der Waals surface area contributed by atoms with Crippen LogP contribution in [-0.2, 0) is 16.1 Å². The Labute approximate surface area is 133 Å². The van der Waals surface area contributed by atoms with Crippen LogP contribution in [-0.4, -0.2) is 55.1 Å². The molecule has 0 aliphatic carbocycles. The van der Waals surface area contributed by atoms with Gasteiger partial charge < -0.3 is 19.5 Å². The predicted molar refractivity (Wildman–Crippen MR) is 84.3 cm³/mol. The summed E-state index contributed by atoms with van der Waals surface area (Å²) < 4.78 is 7.61. The van der Waals surface area contributed by atoms with Crippen LogP contribution in [0, 0.1) is 0 Å². The lowest BCUT2D eigenvalue weighted by Gasteiger charge is -2.18. The average Bonchev–Trinajstić information content (AvgIpc) is 2.79. The molecular formula is C14H22BrN3O3. The van der Waals surface area contributed by atoms with Gasteiger partial charge in [-0.25, -0.2) is 0 Å². The van der Waals surface area contributed by atoms with E-state index in [1.54, 1.807) is 20.2 Å². The molecule has 1 aromatic rings. The van der Waals surface area contributed by atoms with Gasteiger partial charge in [-0.1, -0.05) is 6.92 Å². The first-order valence-corrected chi connectivity index (χ1v) is 7.65. The van der Waals surface area contributed by atoms with Crippen molar-refractivity contribution in [1.82, 2.24) is 14.8 Å². The first-order chi connectivity index (χ1) is 9.99. The molecule has 0 atom stereocenters. The molecule has 0 spiro atoms. The number of amides is 2. The lowest BCUT2D eigenvalue weighted by atomic mass is 10.3. The summed E-state index contributed by atoms with van der Waals surface area (Å²) in [6.45, 7) is 3.73. The molecule has 0 radical (unpaired) electrons. The van der Waals surface area contributed by atoms with Crippen LogP contribution in [0.5, 0.6) is 0 Å². The molecule has 0 unspecified atom stereocenters. The molecule has 0 bridgehead atoms. The van der Waals surface area contributed by atoms with Gasteiger partial charge in [0.05, 0.1) is 13.2 Å². The van der Waals surface area contributed by atoms with E-state index in [0.29, 0.717) is 18.8 Å². The first kappa shape index (κ1) is 17.7. The monoisotopic (exact) mass is 359 g/mol. The Balaban J connectivity index is 2.63. The van der Waals surface area contributed by atoms with Crippen molar-refractivity contribution < 1.29 is 14.3 Å².